The van der Waals surface area contributed by atoms with Gasteiger partial charge >= 0.3 is 0 Å². The van der Waals surface area contributed by atoms with Crippen LogP contribution in [0.25, 0.3) is 22.5 Å². The molecule has 0 fully saturated rings. The third-order valence-corrected chi connectivity index (χ3v) is 5.02. The van der Waals surface area contributed by atoms with E-state index in [4.69, 9.17) is 9.72 Å². The number of rotatable bonds is 5. The second-order valence-corrected chi connectivity index (χ2v) is 6.88. The SMILES string of the molecule is COc1ccc(Nc2c(-c3ccc(/C(C)=C(\C)O)cc3)nc3ccccn23)cc1. The number of methoxy groups -OCH3 is 1. The predicted octanol–water partition coefficient (Wildman–Crippen LogP) is 6.06. The average molecular weight is 385 g/mol. The summed E-state index contributed by atoms with van der Waals surface area (Å²) >= 11 is 0. The molecule has 4 rings (SSSR count). The van der Waals surface area contributed by atoms with Gasteiger partial charge in [0, 0.05) is 17.4 Å². The number of hydrogen-bond acceptors (Lipinski definition) is 4. The van der Waals surface area contributed by atoms with E-state index in [2.05, 4.69) is 5.32 Å². The Balaban J connectivity index is 1.78. The minimum absolute atomic E-state index is 0.326. The molecule has 0 amide bonds. The summed E-state index contributed by atoms with van der Waals surface area (Å²) in [6.07, 6.45) is 1.99. The molecule has 2 N–H and O–H groups in total. The quantitative estimate of drug-likeness (QED) is 0.410. The van der Waals surface area contributed by atoms with Crippen molar-refractivity contribution in [1.29, 1.82) is 0 Å². The number of aromatic nitrogens is 2. The Morgan fingerprint density at radius 2 is 1.69 bits per heavy atom. The third kappa shape index (κ3) is 3.67. The Morgan fingerprint density at radius 3 is 2.34 bits per heavy atom. The van der Waals surface area contributed by atoms with Crippen molar-refractivity contribution in [3.8, 4) is 17.0 Å². The molecule has 0 spiro atoms. The maximum Gasteiger partial charge on any atom is 0.143 e. The van der Waals surface area contributed by atoms with E-state index in [9.17, 15) is 5.11 Å². The van der Waals surface area contributed by atoms with Gasteiger partial charge in [-0.1, -0.05) is 30.3 Å². The zero-order valence-electron chi connectivity index (χ0n) is 16.7. The zero-order chi connectivity index (χ0) is 20.4. The van der Waals surface area contributed by atoms with E-state index in [1.165, 1.54) is 0 Å². The molecule has 0 bridgehead atoms. The summed E-state index contributed by atoms with van der Waals surface area (Å²) in [7, 11) is 1.66. The molecule has 0 aliphatic carbocycles. The van der Waals surface area contributed by atoms with Gasteiger partial charge in [-0.25, -0.2) is 4.98 Å². The van der Waals surface area contributed by atoms with Crippen LogP contribution in [0, 0.1) is 0 Å². The van der Waals surface area contributed by atoms with Crippen LogP contribution in [0.15, 0.2) is 78.7 Å². The van der Waals surface area contributed by atoms with E-state index in [0.717, 1.165) is 45.3 Å². The minimum Gasteiger partial charge on any atom is -0.512 e. The highest BCUT2D eigenvalue weighted by atomic mass is 16.5. The van der Waals surface area contributed by atoms with Gasteiger partial charge in [0.15, 0.2) is 0 Å². The molecule has 2 aromatic heterocycles. The first-order chi connectivity index (χ1) is 14.1. The van der Waals surface area contributed by atoms with Crippen molar-refractivity contribution >= 4 is 22.7 Å². The smallest absolute Gasteiger partial charge is 0.143 e. The summed E-state index contributed by atoms with van der Waals surface area (Å²) in [6, 6.07) is 21.8. The van der Waals surface area contributed by atoms with Crippen LogP contribution < -0.4 is 10.1 Å². The first kappa shape index (κ1) is 18.6. The largest absolute Gasteiger partial charge is 0.512 e. The molecule has 0 radical (unpaired) electrons. The van der Waals surface area contributed by atoms with Gasteiger partial charge in [0.25, 0.3) is 0 Å². The first-order valence-electron chi connectivity index (χ1n) is 9.42. The lowest BCUT2D eigenvalue weighted by Gasteiger charge is -2.10. The third-order valence-electron chi connectivity index (χ3n) is 5.02. The standard InChI is InChI=1S/C24H23N3O2/c1-16(17(2)28)18-7-9-19(10-8-18)23-24(27-15-5-4-6-22(27)26-23)25-20-11-13-21(29-3)14-12-20/h4-15,25,28H,1-3H3/b17-16+. The summed E-state index contributed by atoms with van der Waals surface area (Å²) < 4.78 is 7.29. The molecular formula is C24H23N3O2. The van der Waals surface area contributed by atoms with Crippen LogP contribution in [-0.4, -0.2) is 21.6 Å². The van der Waals surface area contributed by atoms with Crippen LogP contribution in [0.3, 0.4) is 0 Å². The number of ether oxygens (including phenoxy) is 1. The lowest BCUT2D eigenvalue weighted by molar-refractivity contribution is 0.415. The number of imidazole rings is 1. The predicted molar refractivity (Wildman–Crippen MR) is 118 cm³/mol. The van der Waals surface area contributed by atoms with E-state index in [1.54, 1.807) is 14.0 Å². The molecule has 0 saturated carbocycles. The van der Waals surface area contributed by atoms with Gasteiger partial charge in [-0.3, -0.25) is 4.40 Å². The summed E-state index contributed by atoms with van der Waals surface area (Å²) in [6.45, 7) is 3.61. The van der Waals surface area contributed by atoms with Crippen LogP contribution in [0.5, 0.6) is 5.75 Å². The van der Waals surface area contributed by atoms with Crippen LogP contribution in [-0.2, 0) is 0 Å². The number of hydrogen-bond donors (Lipinski definition) is 2. The molecule has 2 aromatic carbocycles. The normalized spacial score (nSPS) is 12.0. The first-order valence-corrected chi connectivity index (χ1v) is 9.42. The van der Waals surface area contributed by atoms with Gasteiger partial charge in [0.05, 0.1) is 12.9 Å². The van der Waals surface area contributed by atoms with Crippen LogP contribution in [0.2, 0.25) is 0 Å². The molecule has 0 unspecified atom stereocenters. The summed E-state index contributed by atoms with van der Waals surface area (Å²) in [5.74, 6) is 2.03. The molecule has 0 aliphatic heterocycles. The maximum atomic E-state index is 9.75. The number of benzene rings is 2. The average Bonchev–Trinajstić information content (AvgIpc) is 3.12. The van der Waals surface area contributed by atoms with E-state index in [-0.39, 0.29) is 0 Å². The van der Waals surface area contributed by atoms with Crippen molar-refractivity contribution in [2.45, 2.75) is 13.8 Å². The number of fused-ring (bicyclic) bond motifs is 1. The molecule has 2 heterocycles. The Hall–Kier alpha value is -3.73. The summed E-state index contributed by atoms with van der Waals surface area (Å²) in [5.41, 5.74) is 5.52. The number of aliphatic hydroxyl groups excluding tert-OH is 1. The summed E-state index contributed by atoms with van der Waals surface area (Å²) in [4.78, 5) is 4.84. The monoisotopic (exact) mass is 385 g/mol. The molecule has 0 aliphatic rings. The molecule has 146 valence electrons. The lowest BCUT2D eigenvalue weighted by Crippen LogP contribution is -1.97. The van der Waals surface area contributed by atoms with Gasteiger partial charge in [0.1, 0.15) is 22.9 Å². The molecule has 4 aromatic rings. The number of anilines is 2. The number of nitrogens with one attached hydrogen (secondary N) is 1. The molecule has 29 heavy (non-hydrogen) atoms. The fraction of sp³-hybridized carbons (Fsp3) is 0.125. The molecule has 5 heteroatoms. The number of allylic oxidation sites excluding steroid dienone is 2. The maximum absolute atomic E-state index is 9.75. The second kappa shape index (κ2) is 7.72. The Kier molecular flexibility index (Phi) is 4.96. The number of nitrogens with zero attached hydrogens (tertiary/aromatic N) is 2. The molecule has 0 atom stereocenters. The van der Waals surface area contributed by atoms with Crippen molar-refractivity contribution in [2.75, 3.05) is 12.4 Å². The van der Waals surface area contributed by atoms with Crippen molar-refractivity contribution < 1.29 is 9.84 Å². The van der Waals surface area contributed by atoms with E-state index in [1.807, 2.05) is 84.3 Å². The van der Waals surface area contributed by atoms with Crippen molar-refractivity contribution in [1.82, 2.24) is 9.38 Å². The van der Waals surface area contributed by atoms with Gasteiger partial charge in [-0.15, -0.1) is 0 Å². The van der Waals surface area contributed by atoms with Crippen LogP contribution >= 0.6 is 0 Å². The Bertz CT molecular complexity index is 1170. The lowest BCUT2D eigenvalue weighted by atomic mass is 10.0. The van der Waals surface area contributed by atoms with Crippen LogP contribution in [0.1, 0.15) is 19.4 Å². The number of aliphatic hydroxyl groups is 1. The molecule has 5 nitrogen and oxygen atoms in total. The van der Waals surface area contributed by atoms with E-state index < -0.39 is 0 Å². The highest BCUT2D eigenvalue weighted by Crippen LogP contribution is 2.32. The minimum atomic E-state index is 0.326. The fourth-order valence-corrected chi connectivity index (χ4v) is 3.21. The molecular weight excluding hydrogens is 362 g/mol. The topological polar surface area (TPSA) is 58.8 Å². The van der Waals surface area contributed by atoms with E-state index >= 15 is 0 Å². The molecule has 0 saturated heterocycles. The van der Waals surface area contributed by atoms with E-state index in [0.29, 0.717) is 5.76 Å². The van der Waals surface area contributed by atoms with Gasteiger partial charge in [0.2, 0.25) is 0 Å². The zero-order valence-corrected chi connectivity index (χ0v) is 16.7. The van der Waals surface area contributed by atoms with Gasteiger partial charge < -0.3 is 15.2 Å². The number of pyridine rings is 1. The van der Waals surface area contributed by atoms with Crippen molar-refractivity contribution in [3.63, 3.8) is 0 Å². The van der Waals surface area contributed by atoms with Gasteiger partial charge in [-0.05, 0) is 61.4 Å². The van der Waals surface area contributed by atoms with Crippen molar-refractivity contribution in [2.24, 2.45) is 0 Å². The Morgan fingerprint density at radius 1 is 0.966 bits per heavy atom. The van der Waals surface area contributed by atoms with Crippen molar-refractivity contribution in [3.05, 3.63) is 84.2 Å². The van der Waals surface area contributed by atoms with Crippen LogP contribution in [0.4, 0.5) is 11.5 Å². The Labute approximate surface area is 169 Å². The summed E-state index contributed by atoms with van der Waals surface area (Å²) in [5, 5.41) is 13.2. The highest BCUT2D eigenvalue weighted by molar-refractivity contribution is 5.80. The second-order valence-electron chi connectivity index (χ2n) is 6.88. The fourth-order valence-electron chi connectivity index (χ4n) is 3.21. The van der Waals surface area contributed by atoms with Gasteiger partial charge in [-0.2, -0.15) is 0 Å². The highest BCUT2D eigenvalue weighted by Gasteiger charge is 2.14.